The van der Waals surface area contributed by atoms with Crippen molar-refractivity contribution in [3.8, 4) is 0 Å². The first kappa shape index (κ1) is 39.3. The summed E-state index contributed by atoms with van der Waals surface area (Å²) in [6, 6.07) is 6.65. The summed E-state index contributed by atoms with van der Waals surface area (Å²) in [6.45, 7) is 17.5. The lowest BCUT2D eigenvalue weighted by molar-refractivity contribution is 0.0169. The third kappa shape index (κ3) is 14.6. The Morgan fingerprint density at radius 1 is 0.792 bits per heavy atom. The summed E-state index contributed by atoms with van der Waals surface area (Å²) >= 11 is 0. The number of hydrogen-bond acceptors (Lipinski definition) is 8. The van der Waals surface area contributed by atoms with Crippen molar-refractivity contribution in [1.29, 1.82) is 0 Å². The second-order valence-corrected chi connectivity index (χ2v) is 16.6. The number of rotatable bonds is 10. The second-order valence-electron chi connectivity index (χ2n) is 15.0. The minimum Gasteiger partial charge on any atom is -0.444 e. The van der Waals surface area contributed by atoms with Gasteiger partial charge in [-0.25, -0.2) is 14.6 Å². The fourth-order valence-corrected chi connectivity index (χ4v) is 6.70. The summed E-state index contributed by atoms with van der Waals surface area (Å²) in [4.78, 5) is 31.9. The smallest absolute Gasteiger partial charge is 0.410 e. The predicted octanol–water partition coefficient (Wildman–Crippen LogP) is 7.44. The number of likely N-dealkylation sites (tertiary alicyclic amines) is 2. The first-order valence-electron chi connectivity index (χ1n) is 17.4. The van der Waals surface area contributed by atoms with Crippen molar-refractivity contribution in [2.24, 2.45) is 11.8 Å². The Labute approximate surface area is 288 Å². The van der Waals surface area contributed by atoms with Crippen LogP contribution in [0, 0.1) is 18.8 Å². The summed E-state index contributed by atoms with van der Waals surface area (Å²) in [7, 11) is -3.69. The Kier molecular flexibility index (Phi) is 14.8. The molecule has 1 aromatic heterocycles. The highest BCUT2D eigenvalue weighted by atomic mass is 32.2. The molecule has 0 spiro atoms. The van der Waals surface area contributed by atoms with Gasteiger partial charge in [0.1, 0.15) is 11.2 Å². The van der Waals surface area contributed by atoms with E-state index in [1.165, 1.54) is 12.8 Å². The molecule has 0 saturated carbocycles. The highest BCUT2D eigenvalue weighted by molar-refractivity contribution is 7.86. The number of aromatic nitrogens is 2. The van der Waals surface area contributed by atoms with Crippen LogP contribution in [0.4, 0.5) is 9.59 Å². The number of benzene rings is 1. The largest absolute Gasteiger partial charge is 0.444 e. The molecular formula is C36H58N4O7S. The van der Waals surface area contributed by atoms with Crippen LogP contribution in [0.1, 0.15) is 98.5 Å². The molecule has 1 aromatic carbocycles. The number of amides is 2. The molecule has 3 heterocycles. The molecule has 0 aliphatic carbocycles. The first-order valence-corrected chi connectivity index (χ1v) is 18.8. The molecule has 0 atom stereocenters. The minimum atomic E-state index is -3.69. The average Bonchev–Trinajstić information content (AvgIpc) is 3.52. The number of carbonyl (C=O) groups is 2. The van der Waals surface area contributed by atoms with E-state index in [4.69, 9.17) is 13.7 Å². The summed E-state index contributed by atoms with van der Waals surface area (Å²) in [5, 5.41) is 0. The van der Waals surface area contributed by atoms with Gasteiger partial charge in [0.15, 0.2) is 0 Å². The monoisotopic (exact) mass is 690 g/mol. The lowest BCUT2D eigenvalue weighted by atomic mass is 9.92. The van der Waals surface area contributed by atoms with E-state index in [1.807, 2.05) is 72.1 Å². The number of ether oxygens (including phenoxy) is 2. The van der Waals surface area contributed by atoms with Crippen molar-refractivity contribution in [2.75, 3.05) is 32.8 Å². The van der Waals surface area contributed by atoms with Gasteiger partial charge in [-0.15, -0.1) is 0 Å². The first-order chi connectivity index (χ1) is 22.5. The second kappa shape index (κ2) is 18.0. The summed E-state index contributed by atoms with van der Waals surface area (Å²) < 4.78 is 42.4. The zero-order chi connectivity index (χ0) is 35.4. The van der Waals surface area contributed by atoms with E-state index in [0.717, 1.165) is 63.2 Å². The summed E-state index contributed by atoms with van der Waals surface area (Å²) in [5.74, 6) is 1.21. The van der Waals surface area contributed by atoms with Crippen LogP contribution in [-0.4, -0.2) is 83.9 Å². The van der Waals surface area contributed by atoms with Gasteiger partial charge in [-0.2, -0.15) is 8.42 Å². The normalized spacial score (nSPS) is 16.6. The van der Waals surface area contributed by atoms with E-state index in [0.29, 0.717) is 25.4 Å². The van der Waals surface area contributed by atoms with Crippen LogP contribution < -0.4 is 0 Å². The molecule has 48 heavy (non-hydrogen) atoms. The van der Waals surface area contributed by atoms with Gasteiger partial charge in [-0.05, 0) is 124 Å². The van der Waals surface area contributed by atoms with E-state index >= 15 is 0 Å². The molecule has 2 saturated heterocycles. The van der Waals surface area contributed by atoms with Crippen molar-refractivity contribution >= 4 is 22.3 Å². The van der Waals surface area contributed by atoms with E-state index in [9.17, 15) is 18.0 Å². The van der Waals surface area contributed by atoms with Crippen LogP contribution in [0.15, 0.2) is 47.9 Å². The molecule has 2 aliphatic rings. The fourth-order valence-electron chi connectivity index (χ4n) is 5.76. The van der Waals surface area contributed by atoms with Gasteiger partial charge in [0.25, 0.3) is 10.1 Å². The zero-order valence-corrected chi connectivity index (χ0v) is 31.0. The molecular weight excluding hydrogens is 632 g/mol. The zero-order valence-electron chi connectivity index (χ0n) is 30.2. The van der Waals surface area contributed by atoms with Gasteiger partial charge in [-0.1, -0.05) is 17.7 Å². The Bertz CT molecular complexity index is 1350. The van der Waals surface area contributed by atoms with Crippen LogP contribution in [-0.2, 0) is 30.3 Å². The molecule has 0 N–H and O–H groups in total. The Morgan fingerprint density at radius 2 is 1.27 bits per heavy atom. The van der Waals surface area contributed by atoms with Crippen LogP contribution in [0.3, 0.4) is 0 Å². The van der Waals surface area contributed by atoms with Crippen LogP contribution in [0.5, 0.6) is 0 Å². The third-order valence-corrected chi connectivity index (χ3v) is 9.75. The van der Waals surface area contributed by atoms with Crippen molar-refractivity contribution < 1.29 is 31.7 Å². The maximum Gasteiger partial charge on any atom is 0.410 e. The van der Waals surface area contributed by atoms with Crippen molar-refractivity contribution in [3.63, 3.8) is 0 Å². The highest BCUT2D eigenvalue weighted by Crippen LogP contribution is 2.25. The van der Waals surface area contributed by atoms with E-state index in [1.54, 1.807) is 29.2 Å². The van der Waals surface area contributed by atoms with Crippen LogP contribution in [0.2, 0.25) is 0 Å². The Hall–Kier alpha value is -3.12. The summed E-state index contributed by atoms with van der Waals surface area (Å²) in [5.41, 5.74) is 0.124. The van der Waals surface area contributed by atoms with E-state index in [-0.39, 0.29) is 23.7 Å². The molecule has 0 bridgehead atoms. The van der Waals surface area contributed by atoms with Gasteiger partial charge in [0.2, 0.25) is 0 Å². The number of hydrogen-bond donors (Lipinski definition) is 0. The van der Waals surface area contributed by atoms with Crippen molar-refractivity contribution in [2.45, 2.75) is 122 Å². The van der Waals surface area contributed by atoms with Crippen LogP contribution >= 0.6 is 0 Å². The van der Waals surface area contributed by atoms with Crippen LogP contribution in [0.25, 0.3) is 0 Å². The molecule has 0 radical (unpaired) electrons. The molecule has 2 aromatic rings. The summed E-state index contributed by atoms with van der Waals surface area (Å²) in [6.07, 6.45) is 13.2. The lowest BCUT2D eigenvalue weighted by Gasteiger charge is -2.33. The van der Waals surface area contributed by atoms with E-state index < -0.39 is 21.3 Å². The molecule has 12 heteroatoms. The predicted molar refractivity (Wildman–Crippen MR) is 186 cm³/mol. The number of carbonyl (C=O) groups excluding carboxylic acids is 2. The molecule has 2 fully saturated rings. The lowest BCUT2D eigenvalue weighted by Crippen LogP contribution is -2.41. The molecule has 2 aliphatic heterocycles. The molecule has 270 valence electrons. The van der Waals surface area contributed by atoms with Gasteiger partial charge < -0.3 is 23.8 Å². The van der Waals surface area contributed by atoms with Gasteiger partial charge in [-0.3, -0.25) is 4.18 Å². The Morgan fingerprint density at radius 3 is 1.71 bits per heavy atom. The van der Waals surface area contributed by atoms with Gasteiger partial charge >= 0.3 is 12.2 Å². The quantitative estimate of drug-likeness (QED) is 0.186. The van der Waals surface area contributed by atoms with Gasteiger partial charge in [0, 0.05) is 45.1 Å². The molecule has 4 rings (SSSR count). The maximum atomic E-state index is 12.1. The minimum absolute atomic E-state index is 0.167. The molecule has 2 amide bonds. The van der Waals surface area contributed by atoms with Crippen molar-refractivity contribution in [3.05, 3.63) is 48.5 Å². The number of aryl methyl sites for hydroxylation is 2. The number of nitrogens with zero attached hydrogens (tertiary/aromatic N) is 4. The number of imidazole rings is 1. The van der Waals surface area contributed by atoms with Gasteiger partial charge in [0.05, 0.1) is 17.8 Å². The number of piperidine rings is 2. The van der Waals surface area contributed by atoms with Crippen molar-refractivity contribution in [1.82, 2.24) is 19.4 Å². The SMILES string of the molecule is CC(C)(C)OC(=O)N1CCC(CCCn2ccnc2)CC1.Cc1ccc(S(=O)(=O)OCCCC2CCN(C(=O)OC(C)(C)C)CC2)cc1. The fraction of sp³-hybridized carbons (Fsp3) is 0.694. The molecule has 0 unspecified atom stereocenters. The Balaban J connectivity index is 0.000000269. The van der Waals surface area contributed by atoms with E-state index in [2.05, 4.69) is 9.55 Å². The third-order valence-electron chi connectivity index (χ3n) is 8.43. The molecule has 11 nitrogen and oxygen atoms in total. The standard InChI is InChI=1S/C20H31NO5S.C16H27N3O2/c1-16-7-9-18(10-8-16)27(23,24)25-15-5-6-17-11-13-21(14-12-17)19(22)26-20(2,3)4;1-16(2,3)21-15(20)19-10-6-14(7-11-19)5-4-9-18-12-8-17-13-18/h7-10,17H,5-6,11-15H2,1-4H3;8,12-14H,4-7,9-11H2,1-3H3. The maximum absolute atomic E-state index is 12.1. The average molecular weight is 691 g/mol. The highest BCUT2D eigenvalue weighted by Gasteiger charge is 2.28. The topological polar surface area (TPSA) is 120 Å².